The SMILES string of the molecule is O=C(Cc1ccc(O)c(O)c1)N1CCN(Cc2ccc(Cl)cc2)CC1. The molecule has 25 heavy (non-hydrogen) atoms. The van der Waals surface area contributed by atoms with E-state index in [-0.39, 0.29) is 23.8 Å². The average molecular weight is 361 g/mol. The van der Waals surface area contributed by atoms with E-state index in [9.17, 15) is 15.0 Å². The lowest BCUT2D eigenvalue weighted by Gasteiger charge is -2.34. The summed E-state index contributed by atoms with van der Waals surface area (Å²) in [5.41, 5.74) is 1.91. The number of halogens is 1. The molecule has 5 nitrogen and oxygen atoms in total. The summed E-state index contributed by atoms with van der Waals surface area (Å²) in [6.07, 6.45) is 0.227. The number of phenolic OH excluding ortho intramolecular Hbond substituents is 2. The molecule has 0 spiro atoms. The van der Waals surface area contributed by atoms with E-state index in [1.165, 1.54) is 17.7 Å². The van der Waals surface area contributed by atoms with E-state index in [4.69, 9.17) is 11.6 Å². The first-order chi connectivity index (χ1) is 12.0. The van der Waals surface area contributed by atoms with Gasteiger partial charge in [0.2, 0.25) is 5.91 Å². The summed E-state index contributed by atoms with van der Waals surface area (Å²) in [5, 5.41) is 19.6. The highest BCUT2D eigenvalue weighted by Gasteiger charge is 2.21. The minimum Gasteiger partial charge on any atom is -0.504 e. The molecule has 0 aromatic heterocycles. The highest BCUT2D eigenvalue weighted by molar-refractivity contribution is 6.30. The first-order valence-corrected chi connectivity index (χ1v) is 8.64. The fourth-order valence-corrected chi connectivity index (χ4v) is 3.09. The third kappa shape index (κ3) is 4.65. The van der Waals surface area contributed by atoms with Crippen molar-refractivity contribution in [1.29, 1.82) is 0 Å². The van der Waals surface area contributed by atoms with Crippen LogP contribution in [0.5, 0.6) is 11.5 Å². The first-order valence-electron chi connectivity index (χ1n) is 8.27. The van der Waals surface area contributed by atoms with Crippen LogP contribution in [0.15, 0.2) is 42.5 Å². The van der Waals surface area contributed by atoms with Crippen LogP contribution in [0.4, 0.5) is 0 Å². The number of aromatic hydroxyl groups is 2. The summed E-state index contributed by atoms with van der Waals surface area (Å²) >= 11 is 5.91. The smallest absolute Gasteiger partial charge is 0.227 e. The number of phenols is 2. The van der Waals surface area contributed by atoms with Crippen molar-refractivity contribution in [2.75, 3.05) is 26.2 Å². The molecule has 0 atom stereocenters. The zero-order chi connectivity index (χ0) is 17.8. The molecule has 0 radical (unpaired) electrons. The highest BCUT2D eigenvalue weighted by Crippen LogP contribution is 2.25. The van der Waals surface area contributed by atoms with Gasteiger partial charge in [-0.1, -0.05) is 29.8 Å². The fraction of sp³-hybridized carbons (Fsp3) is 0.316. The fourth-order valence-electron chi connectivity index (χ4n) is 2.97. The summed E-state index contributed by atoms with van der Waals surface area (Å²) in [7, 11) is 0. The van der Waals surface area contributed by atoms with Crippen LogP contribution < -0.4 is 0 Å². The molecule has 1 aliphatic heterocycles. The zero-order valence-corrected chi connectivity index (χ0v) is 14.6. The summed E-state index contributed by atoms with van der Waals surface area (Å²) < 4.78 is 0. The molecule has 0 unspecified atom stereocenters. The molecule has 2 aromatic carbocycles. The Morgan fingerprint density at radius 1 is 0.920 bits per heavy atom. The van der Waals surface area contributed by atoms with Crippen LogP contribution in [-0.4, -0.2) is 52.1 Å². The van der Waals surface area contributed by atoms with Gasteiger partial charge in [0.05, 0.1) is 6.42 Å². The molecule has 1 amide bonds. The van der Waals surface area contributed by atoms with Gasteiger partial charge < -0.3 is 15.1 Å². The second-order valence-electron chi connectivity index (χ2n) is 6.28. The summed E-state index contributed by atoms with van der Waals surface area (Å²) in [4.78, 5) is 16.6. The Morgan fingerprint density at radius 3 is 2.20 bits per heavy atom. The maximum Gasteiger partial charge on any atom is 0.227 e. The van der Waals surface area contributed by atoms with Gasteiger partial charge in [-0.05, 0) is 35.4 Å². The third-order valence-corrected chi connectivity index (χ3v) is 4.69. The van der Waals surface area contributed by atoms with Gasteiger partial charge in [-0.2, -0.15) is 0 Å². The predicted molar refractivity (Wildman–Crippen MR) is 96.8 cm³/mol. The lowest BCUT2D eigenvalue weighted by atomic mass is 10.1. The lowest BCUT2D eigenvalue weighted by Crippen LogP contribution is -2.48. The van der Waals surface area contributed by atoms with Crippen molar-refractivity contribution in [3.8, 4) is 11.5 Å². The Kier molecular flexibility index (Phi) is 5.46. The Hall–Kier alpha value is -2.24. The number of rotatable bonds is 4. The van der Waals surface area contributed by atoms with Crippen LogP contribution in [-0.2, 0) is 17.8 Å². The number of benzene rings is 2. The number of carbonyl (C=O) groups excluding carboxylic acids is 1. The maximum absolute atomic E-state index is 12.4. The molecule has 0 bridgehead atoms. The molecule has 1 fully saturated rings. The number of piperazine rings is 1. The molecule has 3 rings (SSSR count). The number of hydrogen-bond acceptors (Lipinski definition) is 4. The normalized spacial score (nSPS) is 15.3. The van der Waals surface area contributed by atoms with Crippen molar-refractivity contribution in [2.45, 2.75) is 13.0 Å². The van der Waals surface area contributed by atoms with E-state index in [1.54, 1.807) is 6.07 Å². The van der Waals surface area contributed by atoms with Crippen molar-refractivity contribution < 1.29 is 15.0 Å². The van der Waals surface area contributed by atoms with Crippen LogP contribution in [0, 0.1) is 0 Å². The van der Waals surface area contributed by atoms with Gasteiger partial charge in [-0.15, -0.1) is 0 Å². The van der Waals surface area contributed by atoms with Gasteiger partial charge in [0, 0.05) is 37.7 Å². The molecular formula is C19H21ClN2O3. The Labute approximate surface area is 152 Å². The average Bonchev–Trinajstić information content (AvgIpc) is 2.61. The van der Waals surface area contributed by atoms with E-state index < -0.39 is 0 Å². The summed E-state index contributed by atoms with van der Waals surface area (Å²) in [6, 6.07) is 12.3. The number of amides is 1. The number of hydrogen-bond donors (Lipinski definition) is 2. The summed E-state index contributed by atoms with van der Waals surface area (Å²) in [6.45, 7) is 3.89. The Morgan fingerprint density at radius 2 is 1.56 bits per heavy atom. The lowest BCUT2D eigenvalue weighted by molar-refractivity contribution is -0.132. The zero-order valence-electron chi connectivity index (χ0n) is 13.9. The van der Waals surface area contributed by atoms with Crippen molar-refractivity contribution in [3.63, 3.8) is 0 Å². The van der Waals surface area contributed by atoms with E-state index in [0.29, 0.717) is 18.7 Å². The summed E-state index contributed by atoms with van der Waals surface area (Å²) in [5.74, 6) is -0.332. The van der Waals surface area contributed by atoms with E-state index in [0.717, 1.165) is 24.7 Å². The van der Waals surface area contributed by atoms with Crippen LogP contribution in [0.2, 0.25) is 5.02 Å². The van der Waals surface area contributed by atoms with Crippen molar-refractivity contribution >= 4 is 17.5 Å². The minimum absolute atomic E-state index is 0.0382. The van der Waals surface area contributed by atoms with Gasteiger partial charge in [0.25, 0.3) is 0 Å². The molecule has 1 saturated heterocycles. The molecule has 2 N–H and O–H groups in total. The number of nitrogens with zero attached hydrogens (tertiary/aromatic N) is 2. The second-order valence-corrected chi connectivity index (χ2v) is 6.72. The molecular weight excluding hydrogens is 340 g/mol. The minimum atomic E-state index is -0.196. The van der Waals surface area contributed by atoms with Crippen molar-refractivity contribution in [2.24, 2.45) is 0 Å². The van der Waals surface area contributed by atoms with Crippen LogP contribution in [0.25, 0.3) is 0 Å². The van der Waals surface area contributed by atoms with Crippen LogP contribution >= 0.6 is 11.6 Å². The molecule has 0 saturated carbocycles. The largest absolute Gasteiger partial charge is 0.504 e. The highest BCUT2D eigenvalue weighted by atomic mass is 35.5. The topological polar surface area (TPSA) is 64.0 Å². The van der Waals surface area contributed by atoms with Gasteiger partial charge in [-0.3, -0.25) is 9.69 Å². The third-order valence-electron chi connectivity index (χ3n) is 4.44. The molecule has 132 valence electrons. The molecule has 1 heterocycles. The molecule has 2 aromatic rings. The number of carbonyl (C=O) groups is 1. The Balaban J connectivity index is 1.50. The van der Waals surface area contributed by atoms with Crippen molar-refractivity contribution in [3.05, 3.63) is 58.6 Å². The van der Waals surface area contributed by atoms with Gasteiger partial charge >= 0.3 is 0 Å². The quantitative estimate of drug-likeness (QED) is 0.823. The molecule has 6 heteroatoms. The van der Waals surface area contributed by atoms with E-state index in [1.807, 2.05) is 29.2 Å². The molecule has 0 aliphatic carbocycles. The van der Waals surface area contributed by atoms with Gasteiger partial charge in [-0.25, -0.2) is 0 Å². The van der Waals surface area contributed by atoms with Gasteiger partial charge in [0.15, 0.2) is 11.5 Å². The van der Waals surface area contributed by atoms with E-state index in [2.05, 4.69) is 4.90 Å². The monoisotopic (exact) mass is 360 g/mol. The Bertz CT molecular complexity index is 741. The second kappa shape index (κ2) is 7.76. The first kappa shape index (κ1) is 17.6. The molecule has 1 aliphatic rings. The van der Waals surface area contributed by atoms with Crippen LogP contribution in [0.3, 0.4) is 0 Å². The maximum atomic E-state index is 12.4. The van der Waals surface area contributed by atoms with Gasteiger partial charge in [0.1, 0.15) is 0 Å². The predicted octanol–water partition coefficient (Wildman–Crippen LogP) is 2.64. The van der Waals surface area contributed by atoms with Crippen LogP contribution in [0.1, 0.15) is 11.1 Å². The standard InChI is InChI=1S/C19H21ClN2O3/c20-16-4-1-14(2-5-16)13-21-7-9-22(10-8-21)19(25)12-15-3-6-17(23)18(24)11-15/h1-6,11,23-24H,7-10,12-13H2. The van der Waals surface area contributed by atoms with Crippen molar-refractivity contribution in [1.82, 2.24) is 9.80 Å². The van der Waals surface area contributed by atoms with E-state index >= 15 is 0 Å².